The lowest BCUT2D eigenvalue weighted by Gasteiger charge is -2.08. The van der Waals surface area contributed by atoms with E-state index in [0.717, 1.165) is 0 Å². The molecule has 2 nitrogen and oxygen atoms in total. The summed E-state index contributed by atoms with van der Waals surface area (Å²) in [5.74, 6) is 0. The van der Waals surface area contributed by atoms with E-state index in [2.05, 4.69) is 4.74 Å². The largest absolute Gasteiger partial charge is 0.342 e. The van der Waals surface area contributed by atoms with Gasteiger partial charge in [0.2, 0.25) is 12.7 Å². The van der Waals surface area contributed by atoms with Crippen LogP contribution < -0.4 is 5.32 Å². The highest BCUT2D eigenvalue weighted by Crippen LogP contribution is 2.08. The van der Waals surface area contributed by atoms with E-state index in [9.17, 15) is 13.2 Å². The monoisotopic (exact) mass is 155 g/mol. The van der Waals surface area contributed by atoms with Crippen LogP contribution in [0.1, 0.15) is 0 Å². The fourth-order valence-electron chi connectivity index (χ4n) is 0.673. The van der Waals surface area contributed by atoms with Crippen LogP contribution in [0.3, 0.4) is 0 Å². The summed E-state index contributed by atoms with van der Waals surface area (Å²) < 4.78 is 40.8. The van der Waals surface area contributed by atoms with Crippen LogP contribution in [-0.2, 0) is 4.74 Å². The molecule has 0 saturated carbocycles. The molecule has 0 amide bonds. The molecule has 0 radical (unpaired) electrons. The maximum absolute atomic E-state index is 12.3. The minimum Gasteiger partial charge on any atom is -0.342 e. The third-order valence-corrected chi connectivity index (χ3v) is 1.20. The average Bonchev–Trinajstić information content (AvgIpc) is 2.04. The molecule has 1 heterocycles. The smallest absolute Gasteiger partial charge is 0.244 e. The quantitative estimate of drug-likeness (QED) is 0.515. The maximum Gasteiger partial charge on any atom is 0.244 e. The van der Waals surface area contributed by atoms with Gasteiger partial charge in [0.05, 0.1) is 6.61 Å². The summed E-state index contributed by atoms with van der Waals surface area (Å²) in [6, 6.07) is 0. The van der Waals surface area contributed by atoms with E-state index in [1.165, 1.54) is 0 Å². The van der Waals surface area contributed by atoms with E-state index in [0.29, 0.717) is 0 Å². The molecule has 0 aromatic heterocycles. The molecule has 1 aliphatic rings. The Hall–Kier alpha value is -0.290. The van der Waals surface area contributed by atoms with Gasteiger partial charge in [-0.05, 0) is 0 Å². The molecule has 0 aromatic carbocycles. The number of hydrogen-bond acceptors (Lipinski definition) is 2. The highest BCUT2D eigenvalue weighted by atomic mass is 19.2. The average molecular weight is 155 g/mol. The summed E-state index contributed by atoms with van der Waals surface area (Å²) in [6.07, 6.45) is -5.26. The number of hydrogen-bond donors (Lipinski definition) is 1. The first kappa shape index (κ1) is 7.81. The molecular weight excluding hydrogens is 147 g/mol. The third kappa shape index (κ3) is 1.85. The predicted molar refractivity (Wildman–Crippen MR) is 28.6 cm³/mol. The van der Waals surface area contributed by atoms with Crippen LogP contribution in [0.4, 0.5) is 13.2 Å². The normalized spacial score (nSPS) is 42.9. The Balaban J connectivity index is 2.38. The van der Waals surface area contributed by atoms with E-state index in [-0.39, 0.29) is 13.2 Å². The van der Waals surface area contributed by atoms with Gasteiger partial charge in [-0.15, -0.1) is 0 Å². The molecule has 0 aliphatic carbocycles. The molecule has 0 aromatic rings. The van der Waals surface area contributed by atoms with Crippen LogP contribution in [-0.4, -0.2) is 32.0 Å². The molecule has 1 N–H and O–H groups in total. The van der Waals surface area contributed by atoms with Crippen LogP contribution in [0.25, 0.3) is 0 Å². The summed E-state index contributed by atoms with van der Waals surface area (Å²) in [5.41, 5.74) is 0. The summed E-state index contributed by atoms with van der Waals surface area (Å²) in [5, 5.41) is 2.00. The molecule has 1 saturated heterocycles. The number of ether oxygens (including phenoxy) is 1. The second-order valence-electron chi connectivity index (χ2n) is 2.09. The summed E-state index contributed by atoms with van der Waals surface area (Å²) in [6.45, 7) is -0.573. The molecule has 10 heavy (non-hydrogen) atoms. The van der Waals surface area contributed by atoms with Crippen molar-refractivity contribution in [2.24, 2.45) is 0 Å². The standard InChI is InChI=1S/C5H8F3NO/c6-3-1-9-4(7)5(8)10-2-3/h3-5,9H,1-2H2. The SMILES string of the molecule is FC1CNC(F)C(F)OC1. The van der Waals surface area contributed by atoms with Crippen molar-refractivity contribution in [1.29, 1.82) is 0 Å². The van der Waals surface area contributed by atoms with Gasteiger partial charge in [-0.1, -0.05) is 0 Å². The van der Waals surface area contributed by atoms with Gasteiger partial charge in [-0.3, -0.25) is 5.32 Å². The van der Waals surface area contributed by atoms with Crippen LogP contribution >= 0.6 is 0 Å². The number of rotatable bonds is 0. The van der Waals surface area contributed by atoms with Gasteiger partial charge in [0.15, 0.2) is 0 Å². The zero-order valence-electron chi connectivity index (χ0n) is 5.19. The zero-order chi connectivity index (χ0) is 7.56. The van der Waals surface area contributed by atoms with Gasteiger partial charge in [0, 0.05) is 6.54 Å². The fourth-order valence-corrected chi connectivity index (χ4v) is 0.673. The van der Waals surface area contributed by atoms with Crippen molar-refractivity contribution in [3.8, 4) is 0 Å². The number of nitrogens with one attached hydrogen (secondary N) is 1. The lowest BCUT2D eigenvalue weighted by atomic mass is 10.4. The van der Waals surface area contributed by atoms with Crippen molar-refractivity contribution in [1.82, 2.24) is 5.32 Å². The van der Waals surface area contributed by atoms with Crippen molar-refractivity contribution in [3.05, 3.63) is 0 Å². The molecule has 60 valence electrons. The summed E-state index contributed by atoms with van der Waals surface area (Å²) in [4.78, 5) is 0. The van der Waals surface area contributed by atoms with Crippen molar-refractivity contribution < 1.29 is 17.9 Å². The summed E-state index contributed by atoms with van der Waals surface area (Å²) >= 11 is 0. The Morgan fingerprint density at radius 2 is 2.00 bits per heavy atom. The van der Waals surface area contributed by atoms with Gasteiger partial charge in [-0.2, -0.15) is 0 Å². The van der Waals surface area contributed by atoms with Gasteiger partial charge in [-0.25, -0.2) is 13.2 Å². The van der Waals surface area contributed by atoms with E-state index in [4.69, 9.17) is 0 Å². The van der Waals surface area contributed by atoms with Crippen LogP contribution in [0.2, 0.25) is 0 Å². The van der Waals surface area contributed by atoms with E-state index in [1.807, 2.05) is 5.32 Å². The molecule has 1 aliphatic heterocycles. The lowest BCUT2D eigenvalue weighted by molar-refractivity contribution is -0.0889. The number of alkyl halides is 3. The first-order valence-corrected chi connectivity index (χ1v) is 2.97. The number of halogens is 3. The highest BCUT2D eigenvalue weighted by molar-refractivity contribution is 4.68. The zero-order valence-corrected chi connectivity index (χ0v) is 5.19. The Labute approximate surface area is 56.4 Å². The Bertz CT molecular complexity index is 101. The van der Waals surface area contributed by atoms with Gasteiger partial charge in [0.25, 0.3) is 0 Å². The second-order valence-corrected chi connectivity index (χ2v) is 2.09. The predicted octanol–water partition coefficient (Wildman–Crippen LogP) is 0.536. The minimum atomic E-state index is -2.04. The van der Waals surface area contributed by atoms with Crippen molar-refractivity contribution in [2.75, 3.05) is 13.2 Å². The molecular formula is C5H8F3NO. The lowest BCUT2D eigenvalue weighted by Crippen LogP contribution is -2.33. The summed E-state index contributed by atoms with van der Waals surface area (Å²) in [7, 11) is 0. The molecule has 5 heteroatoms. The van der Waals surface area contributed by atoms with E-state index < -0.39 is 18.8 Å². The maximum atomic E-state index is 12.3. The molecule has 0 spiro atoms. The van der Waals surface area contributed by atoms with Crippen LogP contribution in [0.15, 0.2) is 0 Å². The van der Waals surface area contributed by atoms with Gasteiger partial charge >= 0.3 is 0 Å². The topological polar surface area (TPSA) is 21.3 Å². The minimum absolute atomic E-state index is 0.193. The Kier molecular flexibility index (Phi) is 2.50. The van der Waals surface area contributed by atoms with Crippen molar-refractivity contribution >= 4 is 0 Å². The second kappa shape index (κ2) is 3.21. The van der Waals surface area contributed by atoms with Crippen molar-refractivity contribution in [2.45, 2.75) is 18.8 Å². The van der Waals surface area contributed by atoms with E-state index in [1.54, 1.807) is 0 Å². The highest BCUT2D eigenvalue weighted by Gasteiger charge is 2.26. The van der Waals surface area contributed by atoms with Gasteiger partial charge in [0.1, 0.15) is 6.17 Å². The Morgan fingerprint density at radius 1 is 1.30 bits per heavy atom. The van der Waals surface area contributed by atoms with E-state index >= 15 is 0 Å². The van der Waals surface area contributed by atoms with Gasteiger partial charge < -0.3 is 4.74 Å². The Morgan fingerprint density at radius 3 is 2.70 bits per heavy atom. The third-order valence-electron chi connectivity index (χ3n) is 1.20. The van der Waals surface area contributed by atoms with Crippen molar-refractivity contribution in [3.63, 3.8) is 0 Å². The molecule has 0 bridgehead atoms. The van der Waals surface area contributed by atoms with Crippen LogP contribution in [0, 0.1) is 0 Å². The molecule has 1 rings (SSSR count). The molecule has 3 unspecified atom stereocenters. The van der Waals surface area contributed by atoms with Crippen LogP contribution in [0.5, 0.6) is 0 Å². The fraction of sp³-hybridized carbons (Fsp3) is 1.00. The first-order chi connectivity index (χ1) is 4.70. The molecule has 3 atom stereocenters. The molecule has 1 fully saturated rings. The first-order valence-electron chi connectivity index (χ1n) is 2.97.